The van der Waals surface area contributed by atoms with Gasteiger partial charge >= 0.3 is 0 Å². The van der Waals surface area contributed by atoms with Gasteiger partial charge in [0.1, 0.15) is 6.04 Å². The minimum atomic E-state index is -0.692. The van der Waals surface area contributed by atoms with E-state index in [-0.39, 0.29) is 18.2 Å². The summed E-state index contributed by atoms with van der Waals surface area (Å²) in [6.07, 6.45) is 1.88. The van der Waals surface area contributed by atoms with E-state index in [0.29, 0.717) is 16.8 Å². The summed E-state index contributed by atoms with van der Waals surface area (Å²) < 4.78 is 1.46. The average molecular weight is 303 g/mol. The lowest BCUT2D eigenvalue weighted by molar-refractivity contribution is -0.125. The van der Waals surface area contributed by atoms with Crippen LogP contribution >= 0.6 is 11.8 Å². The quantitative estimate of drug-likeness (QED) is 0.839. The number of benzene rings is 1. The zero-order valence-corrected chi connectivity index (χ0v) is 12.1. The number of nitrogens with one attached hydrogen (secondary N) is 2. The Hall–Kier alpha value is -2.35. The van der Waals surface area contributed by atoms with Gasteiger partial charge in [-0.1, -0.05) is 30.0 Å². The molecule has 0 spiro atoms. The zero-order valence-electron chi connectivity index (χ0n) is 11.2. The summed E-state index contributed by atoms with van der Waals surface area (Å²) in [6, 6.07) is 8.41. The lowest BCUT2D eigenvalue weighted by Gasteiger charge is -2.22. The van der Waals surface area contributed by atoms with Crippen molar-refractivity contribution >= 4 is 35.2 Å². The van der Waals surface area contributed by atoms with Gasteiger partial charge in [-0.25, -0.2) is 4.68 Å². The van der Waals surface area contributed by atoms with Gasteiger partial charge in [-0.15, -0.1) is 5.10 Å². The predicted molar refractivity (Wildman–Crippen MR) is 79.2 cm³/mol. The summed E-state index contributed by atoms with van der Waals surface area (Å²) in [5.41, 5.74) is 0.681. The first-order valence-corrected chi connectivity index (χ1v) is 7.56. The van der Waals surface area contributed by atoms with Crippen molar-refractivity contribution in [1.29, 1.82) is 0 Å². The Kier molecular flexibility index (Phi) is 3.61. The van der Waals surface area contributed by atoms with Gasteiger partial charge in [0.25, 0.3) is 0 Å². The van der Waals surface area contributed by atoms with Crippen LogP contribution < -0.4 is 10.6 Å². The molecule has 2 aromatic rings. The molecule has 0 unspecified atom stereocenters. The highest BCUT2D eigenvalue weighted by Crippen LogP contribution is 2.26. The molecule has 8 heteroatoms. The highest BCUT2D eigenvalue weighted by atomic mass is 32.2. The molecule has 1 aromatic heterocycles. The van der Waals surface area contributed by atoms with E-state index < -0.39 is 6.04 Å². The number of hydrogen-bond donors (Lipinski definition) is 2. The third-order valence-electron chi connectivity index (χ3n) is 3.06. The number of aromatic nitrogens is 3. The standard InChI is InChI=1S/C13H13N5O2S/c1-21-13-16-12-15-10(19)7-9(18(12)17-13)11(20)14-8-5-3-2-4-6-8/h2-6,9H,7H2,1H3,(H,14,20)(H,15,16,17,19)/t9-/m1/s1. The van der Waals surface area contributed by atoms with Crippen molar-refractivity contribution < 1.29 is 9.59 Å². The molecule has 2 amide bonds. The van der Waals surface area contributed by atoms with Gasteiger partial charge in [0.2, 0.25) is 22.9 Å². The van der Waals surface area contributed by atoms with Crippen molar-refractivity contribution in [2.45, 2.75) is 17.6 Å². The van der Waals surface area contributed by atoms with Crippen LogP contribution in [0.5, 0.6) is 0 Å². The van der Waals surface area contributed by atoms with Crippen molar-refractivity contribution in [3.05, 3.63) is 30.3 Å². The Morgan fingerprint density at radius 1 is 1.43 bits per heavy atom. The number of rotatable bonds is 3. The smallest absolute Gasteiger partial charge is 0.249 e. The molecular weight excluding hydrogens is 290 g/mol. The third kappa shape index (κ3) is 2.75. The predicted octanol–water partition coefficient (Wildman–Crippen LogP) is 1.52. The average Bonchev–Trinajstić information content (AvgIpc) is 2.90. The van der Waals surface area contributed by atoms with Gasteiger partial charge in [0.15, 0.2) is 0 Å². The molecule has 0 fully saturated rings. The maximum atomic E-state index is 12.4. The second kappa shape index (κ2) is 5.57. The molecule has 2 heterocycles. The Morgan fingerprint density at radius 2 is 2.19 bits per heavy atom. The number of carbonyl (C=O) groups excluding carboxylic acids is 2. The molecule has 0 saturated carbocycles. The summed E-state index contributed by atoms with van der Waals surface area (Å²) >= 11 is 1.36. The third-order valence-corrected chi connectivity index (χ3v) is 3.60. The summed E-state index contributed by atoms with van der Waals surface area (Å²) in [5, 5.41) is 10.2. The summed E-state index contributed by atoms with van der Waals surface area (Å²) in [6.45, 7) is 0. The van der Waals surface area contributed by atoms with Crippen LogP contribution in [0, 0.1) is 0 Å². The first-order chi connectivity index (χ1) is 10.2. The fourth-order valence-electron chi connectivity index (χ4n) is 2.08. The van der Waals surface area contributed by atoms with Crippen LogP contribution in [0.15, 0.2) is 35.5 Å². The maximum Gasteiger partial charge on any atom is 0.249 e. The molecule has 2 N–H and O–H groups in total. The molecule has 1 aromatic carbocycles. The van der Waals surface area contributed by atoms with E-state index in [0.717, 1.165) is 0 Å². The summed E-state index contributed by atoms with van der Waals surface area (Å²) in [7, 11) is 0. The van der Waals surface area contributed by atoms with Gasteiger partial charge < -0.3 is 5.32 Å². The van der Waals surface area contributed by atoms with E-state index in [4.69, 9.17) is 0 Å². The number of anilines is 2. The van der Waals surface area contributed by atoms with E-state index in [1.165, 1.54) is 16.4 Å². The van der Waals surface area contributed by atoms with Crippen molar-refractivity contribution in [2.24, 2.45) is 0 Å². The van der Waals surface area contributed by atoms with Gasteiger partial charge in [-0.3, -0.25) is 14.9 Å². The van der Waals surface area contributed by atoms with Crippen molar-refractivity contribution in [3.8, 4) is 0 Å². The minimum Gasteiger partial charge on any atom is -0.324 e. The topological polar surface area (TPSA) is 88.9 Å². The first-order valence-electron chi connectivity index (χ1n) is 6.33. The van der Waals surface area contributed by atoms with Crippen LogP contribution in [-0.2, 0) is 9.59 Å². The van der Waals surface area contributed by atoms with E-state index in [1.807, 2.05) is 24.5 Å². The van der Waals surface area contributed by atoms with E-state index >= 15 is 0 Å². The maximum absolute atomic E-state index is 12.4. The van der Waals surface area contributed by atoms with E-state index in [2.05, 4.69) is 20.7 Å². The van der Waals surface area contributed by atoms with E-state index in [1.54, 1.807) is 12.1 Å². The summed E-state index contributed by atoms with van der Waals surface area (Å²) in [5.74, 6) is -0.213. The molecule has 7 nitrogen and oxygen atoms in total. The van der Waals surface area contributed by atoms with Gasteiger partial charge in [0, 0.05) is 5.69 Å². The highest BCUT2D eigenvalue weighted by Gasteiger charge is 2.33. The molecule has 1 aliphatic heterocycles. The number of amides is 2. The van der Waals surface area contributed by atoms with Crippen molar-refractivity contribution in [2.75, 3.05) is 16.9 Å². The first kappa shape index (κ1) is 13.6. The fraction of sp³-hybridized carbons (Fsp3) is 0.231. The monoisotopic (exact) mass is 303 g/mol. The lowest BCUT2D eigenvalue weighted by atomic mass is 10.1. The zero-order chi connectivity index (χ0) is 14.8. The highest BCUT2D eigenvalue weighted by molar-refractivity contribution is 7.98. The molecule has 3 rings (SSSR count). The molecule has 21 heavy (non-hydrogen) atoms. The second-order valence-corrected chi connectivity index (χ2v) is 5.26. The van der Waals surface area contributed by atoms with Crippen LogP contribution in [0.4, 0.5) is 11.6 Å². The minimum absolute atomic E-state index is 0.0445. The number of nitrogens with zero attached hydrogens (tertiary/aromatic N) is 3. The summed E-state index contributed by atoms with van der Waals surface area (Å²) in [4.78, 5) is 28.3. The fourth-order valence-corrected chi connectivity index (χ4v) is 2.43. The molecule has 108 valence electrons. The number of carbonyl (C=O) groups is 2. The van der Waals surface area contributed by atoms with Crippen LogP contribution in [0.1, 0.15) is 12.5 Å². The Bertz CT molecular complexity index is 685. The molecule has 0 saturated heterocycles. The van der Waals surface area contributed by atoms with Gasteiger partial charge in [0.05, 0.1) is 6.42 Å². The molecule has 0 aliphatic carbocycles. The molecule has 0 bridgehead atoms. The van der Waals surface area contributed by atoms with Crippen LogP contribution in [0.25, 0.3) is 0 Å². The van der Waals surface area contributed by atoms with Crippen LogP contribution in [0.2, 0.25) is 0 Å². The number of para-hydroxylation sites is 1. The number of thioether (sulfide) groups is 1. The van der Waals surface area contributed by atoms with E-state index in [9.17, 15) is 9.59 Å². The Balaban J connectivity index is 1.86. The molecule has 0 radical (unpaired) electrons. The number of hydrogen-bond acceptors (Lipinski definition) is 5. The lowest BCUT2D eigenvalue weighted by Crippen LogP contribution is -2.36. The van der Waals surface area contributed by atoms with Crippen LogP contribution in [-0.4, -0.2) is 32.8 Å². The van der Waals surface area contributed by atoms with Crippen molar-refractivity contribution in [1.82, 2.24) is 14.8 Å². The molecular formula is C13H13N5O2S. The van der Waals surface area contributed by atoms with Crippen LogP contribution in [0.3, 0.4) is 0 Å². The normalized spacial score (nSPS) is 17.0. The van der Waals surface area contributed by atoms with Gasteiger partial charge in [-0.2, -0.15) is 4.98 Å². The largest absolute Gasteiger partial charge is 0.324 e. The molecule has 1 atom stereocenters. The van der Waals surface area contributed by atoms with Crippen molar-refractivity contribution in [3.63, 3.8) is 0 Å². The molecule has 1 aliphatic rings. The Morgan fingerprint density at radius 3 is 2.90 bits per heavy atom. The second-order valence-electron chi connectivity index (χ2n) is 4.49. The van der Waals surface area contributed by atoms with Gasteiger partial charge in [-0.05, 0) is 18.4 Å². The number of fused-ring (bicyclic) bond motifs is 1. The SMILES string of the molecule is CSc1nc2n(n1)[C@@H](C(=O)Nc1ccccc1)CC(=O)N2. The Labute approximate surface area is 125 Å².